The summed E-state index contributed by atoms with van der Waals surface area (Å²) in [6.07, 6.45) is 0. The largest absolute Gasteiger partial charge is 0.506 e. The predicted octanol–water partition coefficient (Wildman–Crippen LogP) is 3.89. The number of ketones is 2. The molecule has 0 radical (unpaired) electrons. The van der Waals surface area contributed by atoms with Crippen molar-refractivity contribution in [1.29, 1.82) is 0 Å². The van der Waals surface area contributed by atoms with Gasteiger partial charge in [0.05, 0.1) is 20.6 Å². The number of carbonyl (C=O) groups excluding carboxylic acids is 2. The van der Waals surface area contributed by atoms with Crippen molar-refractivity contribution in [2.24, 2.45) is 0 Å². The highest BCUT2D eigenvalue weighted by Crippen LogP contribution is 2.43. The van der Waals surface area contributed by atoms with Crippen molar-refractivity contribution in [3.05, 3.63) is 61.6 Å². The molecule has 0 saturated carbocycles. The highest BCUT2D eigenvalue weighted by Gasteiger charge is 2.35. The number of hydrogen-bond donors (Lipinski definition) is 1. The SMILES string of the molecule is Cc1c(Cl)c2c(c(O)c1Br)C(=O)c1ccccc1C2=O. The van der Waals surface area contributed by atoms with E-state index in [1.165, 1.54) is 0 Å². The van der Waals surface area contributed by atoms with Crippen LogP contribution in [0.15, 0.2) is 28.7 Å². The summed E-state index contributed by atoms with van der Waals surface area (Å²) in [5.41, 5.74) is 1.17. The smallest absolute Gasteiger partial charge is 0.198 e. The standard InChI is InChI=1S/C15H8BrClO3/c1-6-11(16)15(20)10-9(12(6)17)13(18)7-4-2-3-5-8(7)14(10)19/h2-5,20H,1H3. The molecule has 100 valence electrons. The summed E-state index contributed by atoms with van der Waals surface area (Å²) in [5.74, 6) is -0.976. The minimum absolute atomic E-state index is 0.0313. The van der Waals surface area contributed by atoms with Gasteiger partial charge in [-0.25, -0.2) is 0 Å². The molecule has 20 heavy (non-hydrogen) atoms. The predicted molar refractivity (Wildman–Crippen MR) is 78.9 cm³/mol. The van der Waals surface area contributed by atoms with Crippen LogP contribution in [0.3, 0.4) is 0 Å². The summed E-state index contributed by atoms with van der Waals surface area (Å²) in [5, 5.41) is 10.4. The molecule has 0 heterocycles. The van der Waals surface area contributed by atoms with Gasteiger partial charge in [0.25, 0.3) is 0 Å². The molecule has 0 amide bonds. The number of hydrogen-bond acceptors (Lipinski definition) is 3. The summed E-state index contributed by atoms with van der Waals surface area (Å²) in [6, 6.07) is 6.52. The highest BCUT2D eigenvalue weighted by atomic mass is 79.9. The van der Waals surface area contributed by atoms with Gasteiger partial charge >= 0.3 is 0 Å². The van der Waals surface area contributed by atoms with E-state index in [1.54, 1.807) is 31.2 Å². The third kappa shape index (κ3) is 1.58. The molecule has 0 spiro atoms. The van der Waals surface area contributed by atoms with Crippen molar-refractivity contribution in [3.8, 4) is 5.75 Å². The van der Waals surface area contributed by atoms with Gasteiger partial charge in [0, 0.05) is 11.1 Å². The normalized spacial score (nSPS) is 13.2. The van der Waals surface area contributed by atoms with Crippen LogP contribution in [0.5, 0.6) is 5.75 Å². The van der Waals surface area contributed by atoms with Gasteiger partial charge in [-0.2, -0.15) is 0 Å². The Labute approximate surface area is 128 Å². The van der Waals surface area contributed by atoms with Crippen molar-refractivity contribution in [1.82, 2.24) is 0 Å². The summed E-state index contributed by atoms with van der Waals surface area (Å²) in [4.78, 5) is 25.0. The molecule has 0 aromatic heterocycles. The average molecular weight is 352 g/mol. The molecular weight excluding hydrogens is 344 g/mol. The van der Waals surface area contributed by atoms with Crippen molar-refractivity contribution in [3.63, 3.8) is 0 Å². The van der Waals surface area contributed by atoms with E-state index in [-0.39, 0.29) is 33.2 Å². The number of rotatable bonds is 0. The lowest BCUT2D eigenvalue weighted by molar-refractivity contribution is 0.0976. The van der Waals surface area contributed by atoms with E-state index in [2.05, 4.69) is 15.9 Å². The van der Waals surface area contributed by atoms with Crippen LogP contribution in [0.4, 0.5) is 0 Å². The molecule has 3 nitrogen and oxygen atoms in total. The third-order valence-electron chi connectivity index (χ3n) is 3.44. The van der Waals surface area contributed by atoms with Crippen LogP contribution in [0.25, 0.3) is 0 Å². The van der Waals surface area contributed by atoms with Crippen molar-refractivity contribution < 1.29 is 14.7 Å². The zero-order valence-corrected chi connectivity index (χ0v) is 12.7. The molecular formula is C15H8BrClO3. The van der Waals surface area contributed by atoms with Gasteiger partial charge < -0.3 is 5.11 Å². The molecule has 2 aromatic carbocycles. The van der Waals surface area contributed by atoms with E-state index < -0.39 is 5.78 Å². The van der Waals surface area contributed by atoms with Crippen molar-refractivity contribution >= 4 is 39.1 Å². The lowest BCUT2D eigenvalue weighted by Crippen LogP contribution is -2.22. The molecule has 1 aliphatic carbocycles. The molecule has 0 atom stereocenters. The number of fused-ring (bicyclic) bond motifs is 2. The third-order valence-corrected chi connectivity index (χ3v) is 4.89. The van der Waals surface area contributed by atoms with Gasteiger partial charge in [-0.15, -0.1) is 0 Å². The van der Waals surface area contributed by atoms with E-state index in [1.807, 2.05) is 0 Å². The van der Waals surface area contributed by atoms with Gasteiger partial charge in [-0.1, -0.05) is 35.9 Å². The van der Waals surface area contributed by atoms with Gasteiger partial charge in [-0.3, -0.25) is 9.59 Å². The van der Waals surface area contributed by atoms with Crippen LogP contribution in [0, 0.1) is 6.92 Å². The molecule has 0 aliphatic heterocycles. The fourth-order valence-electron chi connectivity index (χ4n) is 2.38. The quantitative estimate of drug-likeness (QED) is 0.668. The number of carbonyl (C=O) groups is 2. The van der Waals surface area contributed by atoms with Crippen molar-refractivity contribution in [2.45, 2.75) is 6.92 Å². The van der Waals surface area contributed by atoms with Gasteiger partial charge in [0.2, 0.25) is 0 Å². The fraction of sp³-hybridized carbons (Fsp3) is 0.0667. The highest BCUT2D eigenvalue weighted by molar-refractivity contribution is 9.10. The second kappa shape index (κ2) is 4.43. The lowest BCUT2D eigenvalue weighted by Gasteiger charge is -2.21. The topological polar surface area (TPSA) is 54.4 Å². The number of phenolic OH excluding ortho intramolecular Hbond substituents is 1. The zero-order chi connectivity index (χ0) is 14.6. The summed E-state index contributed by atoms with van der Waals surface area (Å²) >= 11 is 9.40. The first-order chi connectivity index (χ1) is 9.45. The molecule has 2 aromatic rings. The Morgan fingerprint density at radius 2 is 1.55 bits per heavy atom. The Balaban J connectivity index is 2.46. The Morgan fingerprint density at radius 1 is 1.05 bits per heavy atom. The molecule has 1 N–H and O–H groups in total. The molecule has 0 unspecified atom stereocenters. The molecule has 3 rings (SSSR count). The van der Waals surface area contributed by atoms with E-state index >= 15 is 0 Å². The summed E-state index contributed by atoms with van der Waals surface area (Å²) in [6.45, 7) is 1.67. The van der Waals surface area contributed by atoms with Crippen LogP contribution in [-0.4, -0.2) is 16.7 Å². The molecule has 0 bridgehead atoms. The molecule has 5 heteroatoms. The summed E-state index contributed by atoms with van der Waals surface area (Å²) < 4.78 is 0.335. The minimum atomic E-state index is -0.393. The molecule has 0 saturated heterocycles. The zero-order valence-electron chi connectivity index (χ0n) is 10.3. The van der Waals surface area contributed by atoms with Crippen LogP contribution < -0.4 is 0 Å². The van der Waals surface area contributed by atoms with Gasteiger partial charge in [0.1, 0.15) is 5.75 Å². The van der Waals surface area contributed by atoms with Crippen LogP contribution in [-0.2, 0) is 0 Å². The first-order valence-corrected chi connectivity index (χ1v) is 7.01. The van der Waals surface area contributed by atoms with Gasteiger partial charge in [0.15, 0.2) is 11.6 Å². The van der Waals surface area contributed by atoms with Crippen molar-refractivity contribution in [2.75, 3.05) is 0 Å². The summed E-state index contributed by atoms with van der Waals surface area (Å²) in [7, 11) is 0. The fourth-order valence-corrected chi connectivity index (χ4v) is 3.17. The Hall–Kier alpha value is -1.65. The first-order valence-electron chi connectivity index (χ1n) is 5.84. The van der Waals surface area contributed by atoms with Crippen LogP contribution >= 0.6 is 27.5 Å². The van der Waals surface area contributed by atoms with E-state index in [4.69, 9.17) is 11.6 Å². The van der Waals surface area contributed by atoms with E-state index in [0.717, 1.165) is 0 Å². The molecule has 0 fully saturated rings. The Bertz CT molecular complexity index is 730. The monoisotopic (exact) mass is 350 g/mol. The second-order valence-corrected chi connectivity index (χ2v) is 5.73. The van der Waals surface area contributed by atoms with Gasteiger partial charge in [-0.05, 0) is 28.4 Å². The Kier molecular flexibility index (Phi) is 2.96. The second-order valence-electron chi connectivity index (χ2n) is 4.56. The average Bonchev–Trinajstić information content (AvgIpc) is 2.46. The van der Waals surface area contributed by atoms with E-state index in [9.17, 15) is 14.7 Å². The lowest BCUT2D eigenvalue weighted by atomic mass is 9.83. The molecule has 1 aliphatic rings. The maximum Gasteiger partial charge on any atom is 0.198 e. The minimum Gasteiger partial charge on any atom is -0.506 e. The number of aromatic hydroxyl groups is 1. The maximum absolute atomic E-state index is 12.5. The number of halogens is 2. The Morgan fingerprint density at radius 3 is 2.10 bits per heavy atom. The number of benzene rings is 2. The van der Waals surface area contributed by atoms with Crippen LogP contribution in [0.1, 0.15) is 37.4 Å². The van der Waals surface area contributed by atoms with Crippen LogP contribution in [0.2, 0.25) is 5.02 Å². The number of phenols is 1. The maximum atomic E-state index is 12.5. The first kappa shape index (κ1) is 13.3. The van der Waals surface area contributed by atoms with E-state index in [0.29, 0.717) is 15.6 Å².